The third-order valence-electron chi connectivity index (χ3n) is 4.23. The molecule has 1 saturated carbocycles. The molecule has 1 fully saturated rings. The van der Waals surface area contributed by atoms with E-state index in [0.29, 0.717) is 16.5 Å². The number of nitro groups is 1. The predicted molar refractivity (Wildman–Crippen MR) is 82.1 cm³/mol. The number of benzene rings is 1. The molecule has 0 bridgehead atoms. The van der Waals surface area contributed by atoms with E-state index >= 15 is 0 Å². The number of hydrogen-bond acceptors (Lipinski definition) is 5. The maximum absolute atomic E-state index is 12.5. The monoisotopic (exact) mass is 369 g/mol. The zero-order valence-electron chi connectivity index (χ0n) is 12.1. The number of halogens is 1. The van der Waals surface area contributed by atoms with E-state index < -0.39 is 28.8 Å². The van der Waals surface area contributed by atoms with Gasteiger partial charge in [0.05, 0.1) is 13.0 Å². The molecule has 0 N–H and O–H groups in total. The molecule has 2 atom stereocenters. The molecule has 1 aromatic carbocycles. The molecule has 2 rings (SSSR count). The number of methoxy groups -OCH3 is 1. The van der Waals surface area contributed by atoms with Gasteiger partial charge >= 0.3 is 5.97 Å². The van der Waals surface area contributed by atoms with Crippen molar-refractivity contribution in [3.8, 4) is 0 Å². The Hall–Kier alpha value is -1.76. The van der Waals surface area contributed by atoms with Crippen molar-refractivity contribution in [2.75, 3.05) is 13.7 Å². The summed E-state index contributed by atoms with van der Waals surface area (Å²) in [4.78, 5) is 35.5. The van der Waals surface area contributed by atoms with E-state index in [1.54, 1.807) is 24.3 Å². The maximum Gasteiger partial charge on any atom is 0.320 e. The zero-order valence-corrected chi connectivity index (χ0v) is 13.7. The van der Waals surface area contributed by atoms with Gasteiger partial charge in [-0.3, -0.25) is 19.7 Å². The van der Waals surface area contributed by atoms with Crippen LogP contribution in [0.15, 0.2) is 28.7 Å². The number of Topliss-reactive ketones (excluding diaryl/α,β-unsaturated/α-hetero) is 1. The molecule has 0 aliphatic heterocycles. The minimum atomic E-state index is -1.47. The van der Waals surface area contributed by atoms with Crippen LogP contribution in [-0.2, 0) is 14.3 Å². The fraction of sp³-hybridized carbons (Fsp3) is 0.467. The van der Waals surface area contributed by atoms with Crippen molar-refractivity contribution in [2.45, 2.75) is 25.2 Å². The van der Waals surface area contributed by atoms with Gasteiger partial charge in [0.25, 0.3) is 0 Å². The molecule has 22 heavy (non-hydrogen) atoms. The summed E-state index contributed by atoms with van der Waals surface area (Å²) in [6, 6.07) is 6.96. The van der Waals surface area contributed by atoms with E-state index in [4.69, 9.17) is 4.74 Å². The largest absolute Gasteiger partial charge is 0.468 e. The van der Waals surface area contributed by atoms with Crippen LogP contribution in [0.3, 0.4) is 0 Å². The van der Waals surface area contributed by atoms with Crippen molar-refractivity contribution in [3.05, 3.63) is 44.4 Å². The first-order valence-corrected chi connectivity index (χ1v) is 7.70. The van der Waals surface area contributed by atoms with E-state index in [0.717, 1.165) is 0 Å². The molecule has 0 spiro atoms. The summed E-state index contributed by atoms with van der Waals surface area (Å²) in [6.45, 7) is -0.497. The minimum absolute atomic E-state index is 0.244. The van der Waals surface area contributed by atoms with Crippen LogP contribution >= 0.6 is 15.9 Å². The van der Waals surface area contributed by atoms with Gasteiger partial charge < -0.3 is 4.74 Å². The number of hydrogen-bond donors (Lipinski definition) is 0. The van der Waals surface area contributed by atoms with Crippen LogP contribution in [0.2, 0.25) is 0 Å². The van der Waals surface area contributed by atoms with Crippen LogP contribution in [0.1, 0.15) is 30.7 Å². The fourth-order valence-electron chi connectivity index (χ4n) is 3.23. The van der Waals surface area contributed by atoms with Gasteiger partial charge in [-0.15, -0.1) is 0 Å². The van der Waals surface area contributed by atoms with E-state index in [-0.39, 0.29) is 18.6 Å². The quantitative estimate of drug-likeness (QED) is 0.344. The molecule has 7 heteroatoms. The Morgan fingerprint density at radius 3 is 2.68 bits per heavy atom. The fourth-order valence-corrected chi connectivity index (χ4v) is 3.79. The van der Waals surface area contributed by atoms with Crippen molar-refractivity contribution in [1.82, 2.24) is 0 Å². The first-order valence-electron chi connectivity index (χ1n) is 6.91. The molecule has 1 aliphatic rings. The molecular formula is C15H16BrNO5. The first kappa shape index (κ1) is 16.6. The molecule has 0 amide bonds. The topological polar surface area (TPSA) is 86.5 Å². The molecule has 0 aromatic heterocycles. The Morgan fingerprint density at radius 2 is 2.18 bits per heavy atom. The lowest BCUT2D eigenvalue weighted by atomic mass is 9.70. The van der Waals surface area contributed by atoms with Gasteiger partial charge in [0.1, 0.15) is 5.41 Å². The third-order valence-corrected chi connectivity index (χ3v) is 4.95. The van der Waals surface area contributed by atoms with E-state index in [9.17, 15) is 19.7 Å². The average Bonchev–Trinajstić information content (AvgIpc) is 2.87. The maximum atomic E-state index is 12.5. The summed E-state index contributed by atoms with van der Waals surface area (Å²) in [5.74, 6) is -1.81. The second-order valence-electron chi connectivity index (χ2n) is 5.33. The number of ether oxygens (including phenoxy) is 1. The van der Waals surface area contributed by atoms with E-state index in [1.165, 1.54) is 7.11 Å². The lowest BCUT2D eigenvalue weighted by Crippen LogP contribution is -2.44. The molecule has 6 nitrogen and oxygen atoms in total. The van der Waals surface area contributed by atoms with Crippen molar-refractivity contribution in [1.29, 1.82) is 0 Å². The number of carbonyl (C=O) groups excluding carboxylic acids is 2. The smallest absolute Gasteiger partial charge is 0.320 e. The highest BCUT2D eigenvalue weighted by Crippen LogP contribution is 2.49. The minimum Gasteiger partial charge on any atom is -0.468 e. The number of rotatable bonds is 5. The van der Waals surface area contributed by atoms with Crippen molar-refractivity contribution < 1.29 is 19.2 Å². The molecular weight excluding hydrogens is 354 g/mol. The predicted octanol–water partition coefficient (Wildman–Crippen LogP) is 2.72. The van der Waals surface area contributed by atoms with Gasteiger partial charge in [-0.1, -0.05) is 34.1 Å². The first-order chi connectivity index (χ1) is 10.4. The molecule has 1 aromatic rings. The van der Waals surface area contributed by atoms with E-state index in [2.05, 4.69) is 15.9 Å². The summed E-state index contributed by atoms with van der Waals surface area (Å²) in [7, 11) is 1.21. The van der Waals surface area contributed by atoms with Crippen LogP contribution in [0, 0.1) is 15.5 Å². The van der Waals surface area contributed by atoms with Crippen LogP contribution in [0.5, 0.6) is 0 Å². The van der Waals surface area contributed by atoms with Gasteiger partial charge in [-0.05, 0) is 24.5 Å². The van der Waals surface area contributed by atoms with Gasteiger partial charge in [-0.2, -0.15) is 0 Å². The molecule has 118 valence electrons. The number of nitrogens with zero attached hydrogens (tertiary/aromatic N) is 1. The molecule has 1 aliphatic carbocycles. The Kier molecular flexibility index (Phi) is 4.95. The molecule has 0 heterocycles. The highest BCUT2D eigenvalue weighted by atomic mass is 79.9. The highest BCUT2D eigenvalue weighted by molar-refractivity contribution is 9.10. The Balaban J connectivity index is 2.60. The third kappa shape index (κ3) is 2.77. The Bertz CT molecular complexity index is 618. The van der Waals surface area contributed by atoms with Gasteiger partial charge in [0, 0.05) is 15.8 Å². The Morgan fingerprint density at radius 1 is 1.50 bits per heavy atom. The molecule has 0 radical (unpaired) electrons. The summed E-state index contributed by atoms with van der Waals surface area (Å²) in [5, 5.41) is 11.1. The Labute approximate surface area is 136 Å². The lowest BCUT2D eigenvalue weighted by Gasteiger charge is -2.31. The van der Waals surface area contributed by atoms with Crippen LogP contribution in [-0.4, -0.2) is 30.3 Å². The molecule has 0 unspecified atom stereocenters. The second-order valence-corrected chi connectivity index (χ2v) is 6.18. The lowest BCUT2D eigenvalue weighted by molar-refractivity contribution is -0.485. The number of carbonyl (C=O) groups is 2. The molecule has 0 saturated heterocycles. The van der Waals surface area contributed by atoms with Crippen LogP contribution < -0.4 is 0 Å². The van der Waals surface area contributed by atoms with Crippen molar-refractivity contribution in [3.63, 3.8) is 0 Å². The van der Waals surface area contributed by atoms with Gasteiger partial charge in [0.15, 0.2) is 5.78 Å². The van der Waals surface area contributed by atoms with Crippen LogP contribution in [0.25, 0.3) is 0 Å². The van der Waals surface area contributed by atoms with Crippen molar-refractivity contribution in [2.24, 2.45) is 5.41 Å². The highest BCUT2D eigenvalue weighted by Gasteiger charge is 2.57. The van der Waals surface area contributed by atoms with Crippen LogP contribution in [0.4, 0.5) is 0 Å². The summed E-state index contributed by atoms with van der Waals surface area (Å²) >= 11 is 3.36. The van der Waals surface area contributed by atoms with Gasteiger partial charge in [0.2, 0.25) is 6.54 Å². The van der Waals surface area contributed by atoms with E-state index in [1.807, 2.05) is 0 Å². The number of ketones is 1. The van der Waals surface area contributed by atoms with Crippen molar-refractivity contribution >= 4 is 27.7 Å². The summed E-state index contributed by atoms with van der Waals surface area (Å²) in [5.41, 5.74) is -0.883. The summed E-state index contributed by atoms with van der Waals surface area (Å²) < 4.78 is 5.48. The standard InChI is InChI=1S/C15H16BrNO5/c1-22-14(19)15(8-4-7-13(15)18)11(9-17(20)21)10-5-2-3-6-12(10)16/h2-3,5-6,11H,4,7-9H2,1H3/t11-,15-/m1/s1. The summed E-state index contributed by atoms with van der Waals surface area (Å²) in [6.07, 6.45) is 1.05. The second kappa shape index (κ2) is 6.56. The average molecular weight is 370 g/mol. The van der Waals surface area contributed by atoms with Gasteiger partial charge in [-0.25, -0.2) is 0 Å². The number of esters is 1. The zero-order chi connectivity index (χ0) is 16.3. The SMILES string of the molecule is COC(=O)[C@@]1([C@H](C[N+](=O)[O-])c2ccccc2Br)CCCC1=O. The normalized spacial score (nSPS) is 22.4.